The molecule has 1 aromatic heterocycles. The SMILES string of the molecule is NC(=O)C1COCCN1c1ccc(N)c(N)n1. The van der Waals surface area contributed by atoms with Gasteiger partial charge in [-0.05, 0) is 12.1 Å². The molecule has 0 spiro atoms. The van der Waals surface area contributed by atoms with Gasteiger partial charge in [-0.25, -0.2) is 4.98 Å². The van der Waals surface area contributed by atoms with Crippen LogP contribution in [0.3, 0.4) is 0 Å². The normalized spacial score (nSPS) is 20.2. The summed E-state index contributed by atoms with van der Waals surface area (Å²) >= 11 is 0. The number of carbonyl (C=O) groups excluding carboxylic acids is 1. The minimum atomic E-state index is -0.515. The molecule has 17 heavy (non-hydrogen) atoms. The standard InChI is InChI=1S/C10H15N5O2/c11-6-1-2-8(14-9(6)12)15-3-4-17-5-7(15)10(13)16/h1-2,7H,3-5,11H2,(H2,12,14)(H2,13,16). The second-order valence-electron chi connectivity index (χ2n) is 3.83. The smallest absolute Gasteiger partial charge is 0.242 e. The van der Waals surface area contributed by atoms with E-state index in [-0.39, 0.29) is 12.4 Å². The van der Waals surface area contributed by atoms with Crippen LogP contribution >= 0.6 is 0 Å². The van der Waals surface area contributed by atoms with Crippen molar-refractivity contribution >= 4 is 23.2 Å². The molecule has 2 heterocycles. The summed E-state index contributed by atoms with van der Waals surface area (Å²) in [6.45, 7) is 1.33. The molecule has 6 N–H and O–H groups in total. The predicted octanol–water partition coefficient (Wildman–Crippen LogP) is -1.06. The van der Waals surface area contributed by atoms with E-state index in [1.807, 2.05) is 0 Å². The van der Waals surface area contributed by atoms with Gasteiger partial charge in [-0.15, -0.1) is 0 Å². The minimum absolute atomic E-state index is 0.247. The van der Waals surface area contributed by atoms with Crippen LogP contribution in [0.2, 0.25) is 0 Å². The number of nitrogens with zero attached hydrogens (tertiary/aromatic N) is 2. The number of rotatable bonds is 2. The second-order valence-corrected chi connectivity index (χ2v) is 3.83. The molecule has 0 aliphatic carbocycles. The number of morpholine rings is 1. The number of amides is 1. The van der Waals surface area contributed by atoms with Crippen LogP contribution in [0, 0.1) is 0 Å². The van der Waals surface area contributed by atoms with E-state index >= 15 is 0 Å². The first-order valence-electron chi connectivity index (χ1n) is 5.25. The van der Waals surface area contributed by atoms with Gasteiger partial charge in [0.2, 0.25) is 5.91 Å². The van der Waals surface area contributed by atoms with Crippen LogP contribution in [-0.4, -0.2) is 36.7 Å². The van der Waals surface area contributed by atoms with Gasteiger partial charge in [0.25, 0.3) is 0 Å². The molecule has 1 unspecified atom stereocenters. The van der Waals surface area contributed by atoms with Gasteiger partial charge in [0.1, 0.15) is 17.7 Å². The predicted molar refractivity (Wildman–Crippen MR) is 64.2 cm³/mol. The summed E-state index contributed by atoms with van der Waals surface area (Å²) in [7, 11) is 0. The summed E-state index contributed by atoms with van der Waals surface area (Å²) in [5.74, 6) is 0.392. The number of nitrogen functional groups attached to an aromatic ring is 2. The Kier molecular flexibility index (Phi) is 3.01. The van der Waals surface area contributed by atoms with E-state index in [2.05, 4.69) is 4.98 Å². The molecule has 0 saturated carbocycles. The summed E-state index contributed by atoms with van der Waals surface area (Å²) in [5.41, 5.74) is 17.0. The van der Waals surface area contributed by atoms with Crippen molar-refractivity contribution in [3.05, 3.63) is 12.1 Å². The number of primary amides is 1. The van der Waals surface area contributed by atoms with E-state index in [1.165, 1.54) is 0 Å². The number of ether oxygens (including phenoxy) is 1. The van der Waals surface area contributed by atoms with Gasteiger partial charge < -0.3 is 26.8 Å². The highest BCUT2D eigenvalue weighted by Crippen LogP contribution is 2.21. The highest BCUT2D eigenvalue weighted by molar-refractivity contribution is 5.84. The van der Waals surface area contributed by atoms with Crippen molar-refractivity contribution in [3.63, 3.8) is 0 Å². The van der Waals surface area contributed by atoms with E-state index in [0.29, 0.717) is 24.7 Å². The molecule has 92 valence electrons. The molecule has 1 fully saturated rings. The molecule has 0 radical (unpaired) electrons. The Labute approximate surface area is 98.5 Å². The summed E-state index contributed by atoms with van der Waals surface area (Å²) < 4.78 is 5.22. The number of pyridine rings is 1. The Balaban J connectivity index is 2.29. The Morgan fingerprint density at radius 2 is 2.24 bits per heavy atom. The molecule has 1 aliphatic heterocycles. The van der Waals surface area contributed by atoms with Crippen molar-refractivity contribution in [2.45, 2.75) is 6.04 Å². The first-order valence-corrected chi connectivity index (χ1v) is 5.25. The molecular weight excluding hydrogens is 222 g/mol. The summed E-state index contributed by atoms with van der Waals surface area (Å²) in [6.07, 6.45) is 0. The molecule has 1 atom stereocenters. The maximum Gasteiger partial charge on any atom is 0.242 e. The van der Waals surface area contributed by atoms with Crippen molar-refractivity contribution in [2.24, 2.45) is 5.73 Å². The molecule has 1 aliphatic rings. The van der Waals surface area contributed by atoms with Crippen LogP contribution in [0.25, 0.3) is 0 Å². The van der Waals surface area contributed by atoms with Crippen molar-refractivity contribution in [1.29, 1.82) is 0 Å². The highest BCUT2D eigenvalue weighted by atomic mass is 16.5. The van der Waals surface area contributed by atoms with Crippen molar-refractivity contribution in [1.82, 2.24) is 4.98 Å². The van der Waals surface area contributed by atoms with Gasteiger partial charge in [-0.2, -0.15) is 0 Å². The van der Waals surface area contributed by atoms with E-state index in [9.17, 15) is 4.79 Å². The molecule has 0 aromatic carbocycles. The quantitative estimate of drug-likeness (QED) is 0.602. The fourth-order valence-corrected chi connectivity index (χ4v) is 1.75. The third-order valence-electron chi connectivity index (χ3n) is 2.69. The third-order valence-corrected chi connectivity index (χ3v) is 2.69. The number of carbonyl (C=O) groups is 1. The number of hydrogen-bond donors (Lipinski definition) is 3. The van der Waals surface area contributed by atoms with Gasteiger partial charge in [0.15, 0.2) is 0 Å². The van der Waals surface area contributed by atoms with E-state index in [0.717, 1.165) is 0 Å². The van der Waals surface area contributed by atoms with Gasteiger partial charge in [-0.1, -0.05) is 0 Å². The molecule has 7 heteroatoms. The average molecular weight is 237 g/mol. The summed E-state index contributed by atoms with van der Waals surface area (Å²) in [5, 5.41) is 0. The number of anilines is 3. The average Bonchev–Trinajstić information content (AvgIpc) is 2.32. The zero-order valence-corrected chi connectivity index (χ0v) is 9.30. The molecule has 2 rings (SSSR count). The Morgan fingerprint density at radius 1 is 1.47 bits per heavy atom. The van der Waals surface area contributed by atoms with Gasteiger partial charge in [0, 0.05) is 6.54 Å². The van der Waals surface area contributed by atoms with Crippen LogP contribution in [0.4, 0.5) is 17.3 Å². The maximum atomic E-state index is 11.3. The first-order chi connectivity index (χ1) is 8.09. The summed E-state index contributed by atoms with van der Waals surface area (Å²) in [6, 6.07) is 2.86. The number of aromatic nitrogens is 1. The Morgan fingerprint density at radius 3 is 2.88 bits per heavy atom. The molecule has 1 saturated heterocycles. The lowest BCUT2D eigenvalue weighted by Crippen LogP contribution is -2.53. The Hall–Kier alpha value is -2.02. The molecular formula is C10H15N5O2. The van der Waals surface area contributed by atoms with Crippen LogP contribution < -0.4 is 22.1 Å². The van der Waals surface area contributed by atoms with Crippen LogP contribution in [0.5, 0.6) is 0 Å². The minimum Gasteiger partial charge on any atom is -0.396 e. The molecule has 7 nitrogen and oxygen atoms in total. The van der Waals surface area contributed by atoms with Crippen LogP contribution in [0.1, 0.15) is 0 Å². The zero-order valence-electron chi connectivity index (χ0n) is 9.30. The van der Waals surface area contributed by atoms with Crippen molar-refractivity contribution in [2.75, 3.05) is 36.1 Å². The monoisotopic (exact) mass is 237 g/mol. The molecule has 1 aromatic rings. The maximum absolute atomic E-state index is 11.3. The van der Waals surface area contributed by atoms with E-state index < -0.39 is 11.9 Å². The van der Waals surface area contributed by atoms with E-state index in [4.69, 9.17) is 21.9 Å². The van der Waals surface area contributed by atoms with Crippen molar-refractivity contribution < 1.29 is 9.53 Å². The van der Waals surface area contributed by atoms with Crippen LogP contribution in [-0.2, 0) is 9.53 Å². The van der Waals surface area contributed by atoms with Gasteiger partial charge in [-0.3, -0.25) is 4.79 Å². The third kappa shape index (κ3) is 2.23. The number of hydrogen-bond acceptors (Lipinski definition) is 6. The fraction of sp³-hybridized carbons (Fsp3) is 0.400. The highest BCUT2D eigenvalue weighted by Gasteiger charge is 2.28. The van der Waals surface area contributed by atoms with Crippen molar-refractivity contribution in [3.8, 4) is 0 Å². The molecule has 1 amide bonds. The van der Waals surface area contributed by atoms with Gasteiger partial charge >= 0.3 is 0 Å². The largest absolute Gasteiger partial charge is 0.396 e. The lowest BCUT2D eigenvalue weighted by Gasteiger charge is -2.34. The lowest BCUT2D eigenvalue weighted by molar-refractivity contribution is -0.121. The fourth-order valence-electron chi connectivity index (χ4n) is 1.75. The number of nitrogens with two attached hydrogens (primary N) is 3. The first kappa shape index (κ1) is 11.5. The second kappa shape index (κ2) is 4.46. The summed E-state index contributed by atoms with van der Waals surface area (Å²) in [4.78, 5) is 17.2. The molecule has 0 bridgehead atoms. The van der Waals surface area contributed by atoms with Gasteiger partial charge in [0.05, 0.1) is 18.9 Å². The lowest BCUT2D eigenvalue weighted by atomic mass is 10.2. The topological polar surface area (TPSA) is 120 Å². The Bertz CT molecular complexity index is 437. The zero-order chi connectivity index (χ0) is 12.4. The van der Waals surface area contributed by atoms with E-state index in [1.54, 1.807) is 17.0 Å². The van der Waals surface area contributed by atoms with Crippen LogP contribution in [0.15, 0.2) is 12.1 Å².